The van der Waals surface area contributed by atoms with Crippen LogP contribution in [0.1, 0.15) is 36.6 Å². The van der Waals surface area contributed by atoms with E-state index in [0.717, 1.165) is 55.7 Å². The molecule has 0 N–H and O–H groups in total. The summed E-state index contributed by atoms with van der Waals surface area (Å²) in [4.78, 5) is 14.0. The van der Waals surface area contributed by atoms with E-state index in [2.05, 4.69) is 21.7 Å². The molecule has 0 amide bonds. The van der Waals surface area contributed by atoms with Crippen LogP contribution in [-0.4, -0.2) is 34.5 Å². The van der Waals surface area contributed by atoms with Crippen molar-refractivity contribution in [3.8, 4) is 0 Å². The second-order valence-electron chi connectivity index (χ2n) is 7.36. The van der Waals surface area contributed by atoms with Gasteiger partial charge in [-0.2, -0.15) is 0 Å². The van der Waals surface area contributed by atoms with E-state index in [-0.39, 0.29) is 5.82 Å². The average molecular weight is 340 g/mol. The smallest absolute Gasteiger partial charge is 0.225 e. The van der Waals surface area contributed by atoms with E-state index < -0.39 is 0 Å². The number of hydrogen-bond acceptors (Lipinski definition) is 4. The van der Waals surface area contributed by atoms with Crippen LogP contribution in [0.3, 0.4) is 0 Å². The molecule has 0 radical (unpaired) electrons. The minimum absolute atomic E-state index is 0.126. The van der Waals surface area contributed by atoms with E-state index in [9.17, 15) is 4.39 Å². The Morgan fingerprint density at radius 1 is 1.16 bits per heavy atom. The molecule has 4 rings (SSSR count). The van der Waals surface area contributed by atoms with Gasteiger partial charge in [0.25, 0.3) is 0 Å². The molecule has 2 aliphatic rings. The van der Waals surface area contributed by atoms with Crippen molar-refractivity contribution in [2.75, 3.05) is 24.5 Å². The molecule has 0 saturated carbocycles. The number of piperidine rings is 1. The summed E-state index contributed by atoms with van der Waals surface area (Å²) in [5.41, 5.74) is 3.09. The number of halogens is 1. The zero-order chi connectivity index (χ0) is 17.2. The fraction of sp³-hybridized carbons (Fsp3) is 0.500. The molecule has 1 fully saturated rings. The van der Waals surface area contributed by atoms with Gasteiger partial charge in [-0.25, -0.2) is 14.4 Å². The molecule has 0 atom stereocenters. The highest BCUT2D eigenvalue weighted by atomic mass is 19.1. The Morgan fingerprint density at radius 2 is 1.96 bits per heavy atom. The minimum atomic E-state index is -0.126. The highest BCUT2D eigenvalue weighted by Crippen LogP contribution is 2.24. The van der Waals surface area contributed by atoms with Crippen LogP contribution in [0.4, 0.5) is 10.3 Å². The third-order valence-electron chi connectivity index (χ3n) is 5.42. The van der Waals surface area contributed by atoms with Gasteiger partial charge in [0.15, 0.2) is 0 Å². The molecule has 0 bridgehead atoms. The van der Waals surface area contributed by atoms with Gasteiger partial charge >= 0.3 is 0 Å². The van der Waals surface area contributed by atoms with Gasteiger partial charge in [-0.1, -0.05) is 25.1 Å². The normalized spacial score (nSPS) is 19.0. The van der Waals surface area contributed by atoms with Crippen LogP contribution >= 0.6 is 0 Å². The number of anilines is 1. The van der Waals surface area contributed by atoms with E-state index in [0.29, 0.717) is 6.54 Å². The Hall–Kier alpha value is -2.01. The summed E-state index contributed by atoms with van der Waals surface area (Å²) < 4.78 is 13.9. The van der Waals surface area contributed by atoms with Crippen molar-refractivity contribution >= 4 is 5.95 Å². The van der Waals surface area contributed by atoms with Crippen molar-refractivity contribution < 1.29 is 4.39 Å². The fourth-order valence-electron chi connectivity index (χ4n) is 3.73. The van der Waals surface area contributed by atoms with Gasteiger partial charge in [0.2, 0.25) is 5.95 Å². The lowest BCUT2D eigenvalue weighted by Gasteiger charge is -2.32. The van der Waals surface area contributed by atoms with Crippen LogP contribution in [-0.2, 0) is 19.5 Å². The summed E-state index contributed by atoms with van der Waals surface area (Å²) in [6.07, 6.45) is 5.32. The molecule has 1 aromatic carbocycles. The number of rotatable bonds is 3. The first-order chi connectivity index (χ1) is 12.2. The van der Waals surface area contributed by atoms with E-state index in [4.69, 9.17) is 4.98 Å². The van der Waals surface area contributed by atoms with Crippen molar-refractivity contribution in [2.45, 2.75) is 39.3 Å². The lowest BCUT2D eigenvalue weighted by molar-refractivity contribution is 0.239. The molecular formula is C20H25FN4. The van der Waals surface area contributed by atoms with Crippen LogP contribution in [0.5, 0.6) is 0 Å². The highest BCUT2D eigenvalue weighted by Gasteiger charge is 2.22. The lowest BCUT2D eigenvalue weighted by atomic mass is 9.99. The summed E-state index contributed by atoms with van der Waals surface area (Å²) in [6.45, 7) is 6.77. The van der Waals surface area contributed by atoms with Crippen molar-refractivity contribution in [3.63, 3.8) is 0 Å². The second kappa shape index (κ2) is 7.08. The van der Waals surface area contributed by atoms with Gasteiger partial charge in [0, 0.05) is 56.5 Å². The maximum Gasteiger partial charge on any atom is 0.225 e. The predicted octanol–water partition coefficient (Wildman–Crippen LogP) is 3.41. The zero-order valence-corrected chi connectivity index (χ0v) is 14.8. The summed E-state index contributed by atoms with van der Waals surface area (Å²) in [5.74, 6) is 1.56. The second-order valence-corrected chi connectivity index (χ2v) is 7.36. The molecule has 1 saturated heterocycles. The van der Waals surface area contributed by atoms with E-state index >= 15 is 0 Å². The Bertz CT molecular complexity index is 740. The maximum absolute atomic E-state index is 13.9. The number of fused-ring (bicyclic) bond motifs is 1. The van der Waals surface area contributed by atoms with Gasteiger partial charge in [-0.15, -0.1) is 0 Å². The molecule has 132 valence electrons. The Labute approximate surface area is 148 Å². The molecule has 25 heavy (non-hydrogen) atoms. The Kier molecular flexibility index (Phi) is 4.66. The number of aromatic nitrogens is 2. The van der Waals surface area contributed by atoms with Gasteiger partial charge in [-0.3, -0.25) is 4.90 Å². The molecule has 1 aromatic heterocycles. The standard InChI is InChI=1S/C20H25FN4/c1-15-6-10-25(11-7-15)20-22-12-17-14-24(9-8-19(17)23-20)13-16-4-2-3-5-18(16)21/h2-5,12,15H,6-11,13-14H2,1H3. The first kappa shape index (κ1) is 16.5. The quantitative estimate of drug-likeness (QED) is 0.857. The third kappa shape index (κ3) is 3.66. The van der Waals surface area contributed by atoms with Crippen LogP contribution in [0, 0.1) is 11.7 Å². The molecule has 2 aliphatic heterocycles. The first-order valence-electron chi connectivity index (χ1n) is 9.24. The van der Waals surface area contributed by atoms with Crippen molar-refractivity contribution in [3.05, 3.63) is 53.1 Å². The molecule has 3 heterocycles. The molecule has 4 nitrogen and oxygen atoms in total. The topological polar surface area (TPSA) is 32.3 Å². The molecule has 0 spiro atoms. The van der Waals surface area contributed by atoms with Crippen molar-refractivity contribution in [1.29, 1.82) is 0 Å². The van der Waals surface area contributed by atoms with Crippen LogP contribution < -0.4 is 4.90 Å². The average Bonchev–Trinajstić information content (AvgIpc) is 2.64. The third-order valence-corrected chi connectivity index (χ3v) is 5.42. The summed E-state index contributed by atoms with van der Waals surface area (Å²) in [7, 11) is 0. The van der Waals surface area contributed by atoms with Crippen LogP contribution in [0.15, 0.2) is 30.5 Å². The monoisotopic (exact) mass is 340 g/mol. The number of hydrogen-bond donors (Lipinski definition) is 0. The van der Waals surface area contributed by atoms with Gasteiger partial charge in [0.1, 0.15) is 5.82 Å². The van der Waals surface area contributed by atoms with Crippen LogP contribution in [0.2, 0.25) is 0 Å². The first-order valence-corrected chi connectivity index (χ1v) is 9.24. The SMILES string of the molecule is CC1CCN(c2ncc3c(n2)CCN(Cc2ccccc2F)C3)CC1. The van der Waals surface area contributed by atoms with Gasteiger partial charge < -0.3 is 4.90 Å². The molecule has 0 aliphatic carbocycles. The maximum atomic E-state index is 13.9. The van der Waals surface area contributed by atoms with Crippen LogP contribution in [0.25, 0.3) is 0 Å². The Morgan fingerprint density at radius 3 is 2.76 bits per heavy atom. The molecular weight excluding hydrogens is 315 g/mol. The van der Waals surface area contributed by atoms with E-state index in [1.807, 2.05) is 18.3 Å². The predicted molar refractivity (Wildman–Crippen MR) is 96.9 cm³/mol. The van der Waals surface area contributed by atoms with Gasteiger partial charge in [0.05, 0.1) is 5.69 Å². The number of benzene rings is 1. The fourth-order valence-corrected chi connectivity index (χ4v) is 3.73. The molecule has 5 heteroatoms. The Balaban J connectivity index is 1.44. The summed E-state index contributed by atoms with van der Waals surface area (Å²) in [6, 6.07) is 7.02. The van der Waals surface area contributed by atoms with E-state index in [1.54, 1.807) is 6.07 Å². The van der Waals surface area contributed by atoms with Crippen molar-refractivity contribution in [2.24, 2.45) is 5.92 Å². The summed E-state index contributed by atoms with van der Waals surface area (Å²) >= 11 is 0. The largest absolute Gasteiger partial charge is 0.341 e. The lowest BCUT2D eigenvalue weighted by Crippen LogP contribution is -2.35. The van der Waals surface area contributed by atoms with Crippen molar-refractivity contribution in [1.82, 2.24) is 14.9 Å². The van der Waals surface area contributed by atoms with E-state index in [1.165, 1.54) is 24.5 Å². The number of nitrogens with zero attached hydrogens (tertiary/aromatic N) is 4. The molecule has 2 aromatic rings. The minimum Gasteiger partial charge on any atom is -0.341 e. The molecule has 0 unspecified atom stereocenters. The van der Waals surface area contributed by atoms with Gasteiger partial charge in [-0.05, 0) is 24.8 Å². The highest BCUT2D eigenvalue weighted by molar-refractivity contribution is 5.35. The summed E-state index contributed by atoms with van der Waals surface area (Å²) in [5, 5.41) is 0. The zero-order valence-electron chi connectivity index (χ0n) is 14.8.